The Kier molecular flexibility index (Phi) is 5.63. The van der Waals surface area contributed by atoms with E-state index < -0.39 is 30.4 Å². The minimum absolute atomic E-state index is 0.0177. The van der Waals surface area contributed by atoms with Gasteiger partial charge in [-0.25, -0.2) is 0 Å². The van der Waals surface area contributed by atoms with E-state index in [-0.39, 0.29) is 46.8 Å². The van der Waals surface area contributed by atoms with Crippen LogP contribution in [-0.2, 0) is 23.7 Å². The molecular formula is C35H54O8. The molecule has 3 spiro atoms. The van der Waals surface area contributed by atoms with Crippen LogP contribution in [0.3, 0.4) is 0 Å². The van der Waals surface area contributed by atoms with Gasteiger partial charge in [-0.15, -0.1) is 0 Å². The molecule has 43 heavy (non-hydrogen) atoms. The molecule has 0 aromatic carbocycles. The summed E-state index contributed by atoms with van der Waals surface area (Å²) in [5.41, 5.74) is 1.08. The van der Waals surface area contributed by atoms with Gasteiger partial charge in [0, 0.05) is 6.42 Å². The molecule has 242 valence electrons. The van der Waals surface area contributed by atoms with Crippen molar-refractivity contribution in [3.8, 4) is 0 Å². The topological polar surface area (TPSA) is 110 Å². The second kappa shape index (κ2) is 8.39. The van der Waals surface area contributed by atoms with Gasteiger partial charge in [-0.05, 0) is 109 Å². The summed E-state index contributed by atoms with van der Waals surface area (Å²) in [5.74, 6) is 1.86. The molecule has 4 heterocycles. The quantitative estimate of drug-likeness (QED) is 0.319. The van der Waals surface area contributed by atoms with Crippen LogP contribution in [0.2, 0.25) is 0 Å². The number of fused-ring (bicyclic) bond motifs is 6. The molecule has 4 saturated heterocycles. The lowest BCUT2D eigenvalue weighted by Gasteiger charge is -2.63. The standard InChI is InChI=1S/C35H54O8/c1-18-13-35(28-32(6,43-28)17-40-35)42-20-14-31(5)22-8-7-21-29(2,3)23(41-27-26(38)25(37)19(36)15-39-27)9-10-33(21)16-34(22,33)12-11-30(31,4)24(18)20/h18-28,36-38H,7-17H2,1-6H3/t18-,19-,20+,21+,22+,23?,24+,25+,26-,27+,28+,30-,31+,32+,33-,34+,35+/m1/s1. The maximum atomic E-state index is 10.6. The molecule has 17 atom stereocenters. The molecule has 0 amide bonds. The Morgan fingerprint density at radius 3 is 2.26 bits per heavy atom. The smallest absolute Gasteiger partial charge is 0.198 e. The number of rotatable bonds is 2. The zero-order valence-corrected chi connectivity index (χ0v) is 27.0. The van der Waals surface area contributed by atoms with Gasteiger partial charge in [0.05, 0.1) is 25.4 Å². The Labute approximate surface area is 256 Å². The van der Waals surface area contributed by atoms with E-state index in [0.717, 1.165) is 25.7 Å². The fraction of sp³-hybridized carbons (Fsp3) is 1.00. The SMILES string of the molecule is C[C@@H]1C[C@]2(OC[C@]3(C)O[C@H]23)O[C@H]2C[C@@]3(C)[C@@H]4CC[C@H]5C(C)(C)C(O[C@@H]6OC[C@@H](O)[C@H](O)[C@H]6O)CC[C@@]56C[C@@]46CC[C@]3(C)[C@@H]12. The number of aliphatic hydroxyl groups is 3. The fourth-order valence-corrected chi connectivity index (χ4v) is 14.2. The third kappa shape index (κ3) is 3.27. The lowest BCUT2D eigenvalue weighted by Crippen LogP contribution is -2.60. The summed E-state index contributed by atoms with van der Waals surface area (Å²) in [6, 6.07) is 0. The van der Waals surface area contributed by atoms with Crippen LogP contribution in [-0.4, -0.2) is 82.8 Å². The van der Waals surface area contributed by atoms with Crippen molar-refractivity contribution in [1.82, 2.24) is 0 Å². The van der Waals surface area contributed by atoms with Crippen LogP contribution in [0.4, 0.5) is 0 Å². The second-order valence-electron chi connectivity index (χ2n) is 18.2. The van der Waals surface area contributed by atoms with E-state index in [4.69, 9.17) is 23.7 Å². The molecule has 9 fully saturated rings. The number of ether oxygens (including phenoxy) is 5. The van der Waals surface area contributed by atoms with Gasteiger partial charge in [0.15, 0.2) is 12.1 Å². The van der Waals surface area contributed by atoms with Crippen LogP contribution in [0.15, 0.2) is 0 Å². The molecule has 9 aliphatic rings. The molecule has 5 aliphatic carbocycles. The summed E-state index contributed by atoms with van der Waals surface area (Å²) >= 11 is 0. The first-order valence-electron chi connectivity index (χ1n) is 17.5. The summed E-state index contributed by atoms with van der Waals surface area (Å²) in [7, 11) is 0. The van der Waals surface area contributed by atoms with Crippen molar-refractivity contribution in [3.05, 3.63) is 0 Å². The molecular weight excluding hydrogens is 548 g/mol. The zero-order chi connectivity index (χ0) is 30.2. The lowest BCUT2D eigenvalue weighted by molar-refractivity contribution is -0.305. The van der Waals surface area contributed by atoms with Crippen LogP contribution < -0.4 is 0 Å². The Hall–Kier alpha value is -0.320. The molecule has 0 radical (unpaired) electrons. The Morgan fingerprint density at radius 1 is 0.791 bits per heavy atom. The van der Waals surface area contributed by atoms with Crippen molar-refractivity contribution in [2.24, 2.45) is 50.7 Å². The van der Waals surface area contributed by atoms with E-state index in [0.29, 0.717) is 41.1 Å². The minimum Gasteiger partial charge on any atom is -0.388 e. The number of hydrogen-bond donors (Lipinski definition) is 3. The predicted octanol–water partition coefficient (Wildman–Crippen LogP) is 4.17. The Bertz CT molecular complexity index is 1210. The maximum Gasteiger partial charge on any atom is 0.198 e. The van der Waals surface area contributed by atoms with E-state index in [2.05, 4.69) is 41.5 Å². The van der Waals surface area contributed by atoms with E-state index in [1.807, 2.05) is 0 Å². The van der Waals surface area contributed by atoms with Gasteiger partial charge in [0.1, 0.15) is 30.0 Å². The maximum absolute atomic E-state index is 10.6. The summed E-state index contributed by atoms with van der Waals surface area (Å²) < 4.78 is 31.9. The minimum atomic E-state index is -1.24. The third-order valence-electron chi connectivity index (χ3n) is 16.3. The number of epoxide rings is 1. The molecule has 9 rings (SSSR count). The first-order valence-corrected chi connectivity index (χ1v) is 17.5. The van der Waals surface area contributed by atoms with Crippen molar-refractivity contribution in [2.75, 3.05) is 13.2 Å². The van der Waals surface area contributed by atoms with Crippen LogP contribution in [0, 0.1) is 50.7 Å². The first-order chi connectivity index (χ1) is 20.2. The molecule has 3 N–H and O–H groups in total. The molecule has 8 nitrogen and oxygen atoms in total. The van der Waals surface area contributed by atoms with Crippen molar-refractivity contribution >= 4 is 0 Å². The Balaban J connectivity index is 0.975. The molecule has 0 aromatic heterocycles. The van der Waals surface area contributed by atoms with Crippen molar-refractivity contribution in [1.29, 1.82) is 0 Å². The largest absolute Gasteiger partial charge is 0.388 e. The van der Waals surface area contributed by atoms with Crippen LogP contribution in [0.1, 0.15) is 99.3 Å². The molecule has 1 unspecified atom stereocenters. The third-order valence-corrected chi connectivity index (χ3v) is 16.3. The average molecular weight is 603 g/mol. The second-order valence-corrected chi connectivity index (χ2v) is 18.2. The van der Waals surface area contributed by atoms with Gasteiger partial charge in [-0.3, -0.25) is 0 Å². The number of hydrogen-bond acceptors (Lipinski definition) is 8. The molecule has 0 aromatic rings. The first kappa shape index (κ1) is 28.9. The highest BCUT2D eigenvalue weighted by atomic mass is 16.8. The van der Waals surface area contributed by atoms with Crippen molar-refractivity contribution in [2.45, 2.75) is 154 Å². The molecule has 4 aliphatic heterocycles. The van der Waals surface area contributed by atoms with Gasteiger partial charge in [0.2, 0.25) is 0 Å². The van der Waals surface area contributed by atoms with Crippen LogP contribution >= 0.6 is 0 Å². The average Bonchev–Trinajstić information content (AvgIpc) is 3.77. The fourth-order valence-electron chi connectivity index (χ4n) is 14.2. The van der Waals surface area contributed by atoms with E-state index in [1.54, 1.807) is 0 Å². The van der Waals surface area contributed by atoms with Gasteiger partial charge in [-0.1, -0.05) is 34.6 Å². The van der Waals surface area contributed by atoms with Crippen molar-refractivity contribution < 1.29 is 39.0 Å². The summed E-state index contributed by atoms with van der Waals surface area (Å²) in [6.45, 7) is 15.3. The van der Waals surface area contributed by atoms with Gasteiger partial charge in [-0.2, -0.15) is 0 Å². The highest BCUT2D eigenvalue weighted by Gasteiger charge is 2.84. The van der Waals surface area contributed by atoms with Crippen LogP contribution in [0.5, 0.6) is 0 Å². The highest BCUT2D eigenvalue weighted by Crippen LogP contribution is 2.89. The zero-order valence-electron chi connectivity index (χ0n) is 27.0. The summed E-state index contributed by atoms with van der Waals surface area (Å²) in [4.78, 5) is 0. The normalized spacial score (nSPS) is 65.9. The molecule has 0 bridgehead atoms. The Morgan fingerprint density at radius 2 is 1.53 bits per heavy atom. The van der Waals surface area contributed by atoms with Crippen LogP contribution in [0.25, 0.3) is 0 Å². The summed E-state index contributed by atoms with van der Waals surface area (Å²) in [5, 5.41) is 30.8. The highest BCUT2D eigenvalue weighted by molar-refractivity contribution is 5.32. The van der Waals surface area contributed by atoms with Gasteiger partial charge in [0.25, 0.3) is 0 Å². The van der Waals surface area contributed by atoms with Gasteiger partial charge < -0.3 is 39.0 Å². The summed E-state index contributed by atoms with van der Waals surface area (Å²) in [6.07, 6.45) is 6.47. The van der Waals surface area contributed by atoms with Crippen molar-refractivity contribution in [3.63, 3.8) is 0 Å². The van der Waals surface area contributed by atoms with Gasteiger partial charge >= 0.3 is 0 Å². The monoisotopic (exact) mass is 602 g/mol. The van der Waals surface area contributed by atoms with E-state index in [1.165, 1.54) is 32.1 Å². The molecule has 5 saturated carbocycles. The lowest BCUT2D eigenvalue weighted by atomic mass is 9.41. The molecule has 8 heteroatoms. The van der Waals surface area contributed by atoms with E-state index in [9.17, 15) is 15.3 Å². The number of aliphatic hydroxyl groups excluding tert-OH is 3. The van der Waals surface area contributed by atoms with E-state index >= 15 is 0 Å². The predicted molar refractivity (Wildman–Crippen MR) is 156 cm³/mol.